The molecule has 0 aliphatic heterocycles. The highest BCUT2D eigenvalue weighted by Crippen LogP contribution is 2.64. The Morgan fingerprint density at radius 2 is 1.85 bits per heavy atom. The summed E-state index contributed by atoms with van der Waals surface area (Å²) < 4.78 is 29.9. The Morgan fingerprint density at radius 3 is 2.44 bits per heavy atom. The van der Waals surface area contributed by atoms with Crippen LogP contribution < -0.4 is 19.9 Å². The Labute approximate surface area is 165 Å². The van der Waals surface area contributed by atoms with Gasteiger partial charge in [-0.25, -0.2) is 5.14 Å². The van der Waals surface area contributed by atoms with Crippen LogP contribution in [0.1, 0.15) is 25.3 Å². The van der Waals surface area contributed by atoms with Crippen LogP contribution in [0.4, 0.5) is 11.4 Å². The molecule has 3 rings (SSSR count). The van der Waals surface area contributed by atoms with Gasteiger partial charge in [-0.15, -0.1) is 0 Å². The molecule has 0 amide bonds. The fraction of sp³-hybridized carbons (Fsp3) is 0.368. The summed E-state index contributed by atoms with van der Waals surface area (Å²) in [6, 6.07) is 12.9. The van der Waals surface area contributed by atoms with Gasteiger partial charge in [0.15, 0.2) is 0 Å². The predicted octanol–water partition coefficient (Wildman–Crippen LogP) is 3.82. The van der Waals surface area contributed by atoms with Gasteiger partial charge in [-0.2, -0.15) is 8.42 Å². The minimum atomic E-state index is -3.76. The van der Waals surface area contributed by atoms with Gasteiger partial charge >= 0.3 is 0 Å². The van der Waals surface area contributed by atoms with Gasteiger partial charge in [0.2, 0.25) is 0 Å². The number of rotatable bonds is 7. The number of methoxy groups -OCH3 is 1. The van der Waals surface area contributed by atoms with Crippen LogP contribution in [0.2, 0.25) is 5.02 Å². The lowest BCUT2D eigenvalue weighted by atomic mass is 10.0. The zero-order valence-corrected chi connectivity index (χ0v) is 17.1. The second kappa shape index (κ2) is 7.22. The van der Waals surface area contributed by atoms with Crippen LogP contribution in [0, 0.1) is 11.3 Å². The maximum Gasteiger partial charge on any atom is 0.296 e. The summed E-state index contributed by atoms with van der Waals surface area (Å²) in [6.45, 7) is 5.21. The monoisotopic (exact) mass is 409 g/mol. The van der Waals surface area contributed by atoms with E-state index in [0.29, 0.717) is 22.5 Å². The zero-order valence-electron chi connectivity index (χ0n) is 15.5. The van der Waals surface area contributed by atoms with Crippen molar-refractivity contribution in [3.63, 3.8) is 0 Å². The molecule has 2 atom stereocenters. The number of para-hydroxylation sites is 1. The van der Waals surface area contributed by atoms with E-state index in [4.69, 9.17) is 21.5 Å². The van der Waals surface area contributed by atoms with Crippen LogP contribution >= 0.6 is 11.6 Å². The standard InChI is InChI=1S/C19H24ClN3O3S/c1-19(2)14(11-22-18-15(20)5-4-6-16(18)26-3)17(19)12-7-9-13(10-8-12)23-27(21,24)25/h4-10,14,17,22-23H,11H2,1-3H3,(H2,21,24,25). The number of anilines is 2. The summed E-state index contributed by atoms with van der Waals surface area (Å²) in [7, 11) is -2.14. The number of nitrogens with two attached hydrogens (primary N) is 1. The third kappa shape index (κ3) is 4.31. The summed E-state index contributed by atoms with van der Waals surface area (Å²) in [5.74, 6) is 1.49. The molecule has 0 radical (unpaired) electrons. The first kappa shape index (κ1) is 19.8. The second-order valence-electron chi connectivity index (χ2n) is 7.37. The van der Waals surface area contributed by atoms with Crippen molar-refractivity contribution < 1.29 is 13.2 Å². The van der Waals surface area contributed by atoms with Crippen LogP contribution in [0.15, 0.2) is 42.5 Å². The number of hydrogen-bond donors (Lipinski definition) is 3. The molecule has 146 valence electrons. The van der Waals surface area contributed by atoms with Gasteiger partial charge in [-0.05, 0) is 47.1 Å². The Kier molecular flexibility index (Phi) is 5.29. The van der Waals surface area contributed by atoms with E-state index in [-0.39, 0.29) is 5.41 Å². The highest BCUT2D eigenvalue weighted by atomic mass is 35.5. The molecule has 0 heterocycles. The van der Waals surface area contributed by atoms with Crippen LogP contribution in [0.5, 0.6) is 5.75 Å². The molecule has 2 aromatic rings. The third-order valence-corrected chi connectivity index (χ3v) is 6.11. The molecule has 4 N–H and O–H groups in total. The van der Waals surface area contributed by atoms with Crippen LogP contribution in [-0.2, 0) is 10.2 Å². The van der Waals surface area contributed by atoms with Crippen molar-refractivity contribution in [2.75, 3.05) is 23.7 Å². The molecule has 0 spiro atoms. The van der Waals surface area contributed by atoms with Crippen molar-refractivity contribution in [3.8, 4) is 5.75 Å². The average molecular weight is 410 g/mol. The maximum atomic E-state index is 11.1. The quantitative estimate of drug-likeness (QED) is 0.648. The van der Waals surface area contributed by atoms with E-state index in [9.17, 15) is 8.42 Å². The molecular formula is C19H24ClN3O3S. The van der Waals surface area contributed by atoms with Crippen molar-refractivity contribution in [1.82, 2.24) is 0 Å². The third-order valence-electron chi connectivity index (χ3n) is 5.27. The first-order chi connectivity index (χ1) is 12.6. The van der Waals surface area contributed by atoms with Gasteiger partial charge in [-0.3, -0.25) is 4.72 Å². The van der Waals surface area contributed by atoms with Crippen molar-refractivity contribution in [1.29, 1.82) is 0 Å². The van der Waals surface area contributed by atoms with Crippen molar-refractivity contribution in [2.24, 2.45) is 16.5 Å². The number of ether oxygens (including phenoxy) is 1. The number of halogens is 1. The Hall–Kier alpha value is -1.96. The second-order valence-corrected chi connectivity index (χ2v) is 9.07. The minimum absolute atomic E-state index is 0.121. The van der Waals surface area contributed by atoms with Crippen molar-refractivity contribution in [2.45, 2.75) is 19.8 Å². The van der Waals surface area contributed by atoms with Gasteiger partial charge in [0.1, 0.15) is 5.75 Å². The molecular weight excluding hydrogens is 386 g/mol. The van der Waals surface area contributed by atoms with Crippen LogP contribution in [0.25, 0.3) is 0 Å². The Bertz CT molecular complexity index is 930. The van der Waals surface area contributed by atoms with E-state index in [1.807, 2.05) is 30.3 Å². The lowest BCUT2D eigenvalue weighted by Gasteiger charge is -2.13. The van der Waals surface area contributed by atoms with Crippen molar-refractivity contribution >= 4 is 33.2 Å². The SMILES string of the molecule is COc1cccc(Cl)c1NCC1C(c2ccc(NS(N)(=O)=O)cc2)C1(C)C. The van der Waals surface area contributed by atoms with Gasteiger partial charge in [0.25, 0.3) is 10.2 Å². The maximum absolute atomic E-state index is 11.1. The molecule has 0 saturated heterocycles. The first-order valence-electron chi connectivity index (χ1n) is 8.60. The van der Waals surface area contributed by atoms with E-state index in [1.54, 1.807) is 19.2 Å². The number of hydrogen-bond acceptors (Lipinski definition) is 4. The summed E-state index contributed by atoms with van der Waals surface area (Å²) in [5, 5.41) is 9.06. The zero-order chi connectivity index (χ0) is 19.8. The summed E-state index contributed by atoms with van der Waals surface area (Å²) >= 11 is 6.30. The normalized spacial score (nSPS) is 20.8. The van der Waals surface area contributed by atoms with Crippen LogP contribution in [0.3, 0.4) is 0 Å². The van der Waals surface area contributed by atoms with Crippen molar-refractivity contribution in [3.05, 3.63) is 53.1 Å². The van der Waals surface area contributed by atoms with E-state index in [1.165, 1.54) is 0 Å². The van der Waals surface area contributed by atoms with Crippen LogP contribution in [-0.4, -0.2) is 22.1 Å². The van der Waals surface area contributed by atoms with Gasteiger partial charge in [0, 0.05) is 12.2 Å². The Morgan fingerprint density at radius 1 is 1.19 bits per heavy atom. The fourth-order valence-electron chi connectivity index (χ4n) is 3.77. The lowest BCUT2D eigenvalue weighted by Crippen LogP contribution is -2.21. The first-order valence-corrected chi connectivity index (χ1v) is 10.5. The molecule has 1 saturated carbocycles. The molecule has 27 heavy (non-hydrogen) atoms. The molecule has 1 aliphatic carbocycles. The molecule has 0 bridgehead atoms. The molecule has 6 nitrogen and oxygen atoms in total. The van der Waals surface area contributed by atoms with Gasteiger partial charge in [0.05, 0.1) is 17.8 Å². The van der Waals surface area contributed by atoms with E-state index >= 15 is 0 Å². The molecule has 1 aliphatic rings. The summed E-state index contributed by atoms with van der Waals surface area (Å²) in [4.78, 5) is 0. The highest BCUT2D eigenvalue weighted by molar-refractivity contribution is 7.90. The smallest absolute Gasteiger partial charge is 0.296 e. The molecule has 1 fully saturated rings. The van der Waals surface area contributed by atoms with E-state index in [2.05, 4.69) is 23.9 Å². The molecule has 0 aromatic heterocycles. The molecule has 2 aromatic carbocycles. The topological polar surface area (TPSA) is 93.4 Å². The largest absolute Gasteiger partial charge is 0.495 e. The van der Waals surface area contributed by atoms with E-state index in [0.717, 1.165) is 23.5 Å². The minimum Gasteiger partial charge on any atom is -0.495 e. The van der Waals surface area contributed by atoms with E-state index < -0.39 is 10.2 Å². The molecule has 8 heteroatoms. The number of nitrogens with one attached hydrogen (secondary N) is 2. The Balaban J connectivity index is 1.70. The summed E-state index contributed by atoms with van der Waals surface area (Å²) in [5.41, 5.74) is 2.54. The molecule has 2 unspecified atom stereocenters. The lowest BCUT2D eigenvalue weighted by molar-refractivity contribution is 0.416. The summed E-state index contributed by atoms with van der Waals surface area (Å²) in [6.07, 6.45) is 0. The number of benzene rings is 2. The fourth-order valence-corrected chi connectivity index (χ4v) is 4.46. The highest BCUT2D eigenvalue weighted by Gasteiger charge is 2.57. The van der Waals surface area contributed by atoms with Gasteiger partial charge < -0.3 is 10.1 Å². The predicted molar refractivity (Wildman–Crippen MR) is 110 cm³/mol. The van der Waals surface area contributed by atoms with Gasteiger partial charge in [-0.1, -0.05) is 43.6 Å². The average Bonchev–Trinajstić information content (AvgIpc) is 3.13.